The van der Waals surface area contributed by atoms with E-state index in [0.717, 1.165) is 22.9 Å². The molecule has 0 unspecified atom stereocenters. The average Bonchev–Trinajstić information content (AvgIpc) is 2.59. The topological polar surface area (TPSA) is 29.1 Å². The van der Waals surface area contributed by atoms with Crippen LogP contribution in [0.25, 0.3) is 10.8 Å². The van der Waals surface area contributed by atoms with Crippen molar-refractivity contribution in [3.05, 3.63) is 83.9 Å². The minimum Gasteiger partial charge on any atom is -0.312 e. The fraction of sp³-hybridized carbons (Fsp3) is 0.150. The normalized spacial score (nSPS) is 10.3. The number of carbonyl (C=O) groups excluding carboxylic acids is 1. The van der Waals surface area contributed by atoms with E-state index in [2.05, 4.69) is 17.4 Å². The van der Waals surface area contributed by atoms with Crippen LogP contribution in [-0.2, 0) is 6.54 Å². The number of halogens is 1. The molecule has 3 rings (SSSR count). The summed E-state index contributed by atoms with van der Waals surface area (Å²) in [4.78, 5) is 12.4. The summed E-state index contributed by atoms with van der Waals surface area (Å²) in [6.45, 7) is 1.49. The lowest BCUT2D eigenvalue weighted by Gasteiger charge is -2.07. The molecule has 0 saturated heterocycles. The van der Waals surface area contributed by atoms with Crippen molar-refractivity contribution in [1.82, 2.24) is 5.32 Å². The Morgan fingerprint density at radius 2 is 1.52 bits per heavy atom. The maximum absolute atomic E-state index is 12.4. The Balaban J connectivity index is 0.00000192. The summed E-state index contributed by atoms with van der Waals surface area (Å²) in [5, 5.41) is 5.49. The molecule has 118 valence electrons. The van der Waals surface area contributed by atoms with Crippen molar-refractivity contribution >= 4 is 29.0 Å². The van der Waals surface area contributed by atoms with Gasteiger partial charge in [-0.3, -0.25) is 4.79 Å². The van der Waals surface area contributed by atoms with Gasteiger partial charge in [0.25, 0.3) is 0 Å². The van der Waals surface area contributed by atoms with Crippen molar-refractivity contribution in [3.63, 3.8) is 0 Å². The number of benzene rings is 3. The second kappa shape index (κ2) is 8.47. The number of hydrogen-bond acceptors (Lipinski definition) is 2. The third-order valence-electron chi connectivity index (χ3n) is 3.79. The predicted molar refractivity (Wildman–Crippen MR) is 98.3 cm³/mol. The third-order valence-corrected chi connectivity index (χ3v) is 3.79. The number of hydrogen-bond donors (Lipinski definition) is 1. The van der Waals surface area contributed by atoms with Crippen LogP contribution in [0.2, 0.25) is 0 Å². The van der Waals surface area contributed by atoms with E-state index >= 15 is 0 Å². The van der Waals surface area contributed by atoms with Crippen LogP contribution >= 0.6 is 12.4 Å². The molecule has 0 amide bonds. The molecule has 0 aromatic heterocycles. The van der Waals surface area contributed by atoms with Crippen molar-refractivity contribution in [2.75, 3.05) is 6.54 Å². The molecule has 0 bridgehead atoms. The fourth-order valence-electron chi connectivity index (χ4n) is 2.63. The Labute approximate surface area is 142 Å². The highest BCUT2D eigenvalue weighted by atomic mass is 35.5. The Kier molecular flexibility index (Phi) is 6.33. The van der Waals surface area contributed by atoms with E-state index in [1.165, 1.54) is 5.56 Å². The number of nitrogens with one attached hydrogen (secondary N) is 1. The molecule has 0 aliphatic carbocycles. The van der Waals surface area contributed by atoms with Crippen molar-refractivity contribution < 1.29 is 4.79 Å². The monoisotopic (exact) mass is 325 g/mol. The Morgan fingerprint density at radius 3 is 2.35 bits per heavy atom. The van der Waals surface area contributed by atoms with Gasteiger partial charge in [-0.15, -0.1) is 12.4 Å². The van der Waals surface area contributed by atoms with Crippen LogP contribution in [-0.4, -0.2) is 12.3 Å². The highest BCUT2D eigenvalue weighted by Gasteiger charge is 2.09. The Morgan fingerprint density at radius 1 is 0.826 bits per heavy atom. The van der Waals surface area contributed by atoms with Crippen molar-refractivity contribution in [3.8, 4) is 0 Å². The van der Waals surface area contributed by atoms with Gasteiger partial charge < -0.3 is 5.32 Å². The zero-order valence-corrected chi connectivity index (χ0v) is 13.7. The fourth-order valence-corrected chi connectivity index (χ4v) is 2.63. The van der Waals surface area contributed by atoms with Crippen molar-refractivity contribution in [1.29, 1.82) is 0 Å². The summed E-state index contributed by atoms with van der Waals surface area (Å²) < 4.78 is 0. The quantitative estimate of drug-likeness (QED) is 0.529. The summed E-state index contributed by atoms with van der Waals surface area (Å²) in [6.07, 6.45) is 0.515. The first-order chi connectivity index (χ1) is 10.8. The van der Waals surface area contributed by atoms with Crippen LogP contribution in [0, 0.1) is 0 Å². The molecule has 3 heteroatoms. The van der Waals surface area contributed by atoms with E-state index < -0.39 is 0 Å². The highest BCUT2D eigenvalue weighted by molar-refractivity contribution is 6.08. The standard InChI is InChI=1S/C20H19NO.ClH/c22-20(13-14-21-15-16-7-2-1-3-8-16)19-12-6-10-17-9-4-5-11-18(17)19;/h1-12,21H,13-15H2;1H. The number of rotatable bonds is 6. The maximum atomic E-state index is 12.4. The lowest BCUT2D eigenvalue weighted by molar-refractivity contribution is 0.0984. The van der Waals surface area contributed by atoms with Gasteiger partial charge in [-0.1, -0.05) is 72.8 Å². The molecular weight excluding hydrogens is 306 g/mol. The van der Waals surface area contributed by atoms with Gasteiger partial charge in [0.15, 0.2) is 5.78 Å². The summed E-state index contributed by atoms with van der Waals surface area (Å²) in [7, 11) is 0. The van der Waals surface area contributed by atoms with E-state index in [9.17, 15) is 4.79 Å². The van der Waals surface area contributed by atoms with Crippen LogP contribution in [0.15, 0.2) is 72.8 Å². The molecule has 0 saturated carbocycles. The van der Waals surface area contributed by atoms with Crippen molar-refractivity contribution in [2.24, 2.45) is 0 Å². The number of fused-ring (bicyclic) bond motifs is 1. The van der Waals surface area contributed by atoms with E-state index in [1.807, 2.05) is 60.7 Å². The van der Waals surface area contributed by atoms with E-state index in [1.54, 1.807) is 0 Å². The highest BCUT2D eigenvalue weighted by Crippen LogP contribution is 2.19. The van der Waals surface area contributed by atoms with Gasteiger partial charge in [-0.2, -0.15) is 0 Å². The zero-order valence-electron chi connectivity index (χ0n) is 12.9. The van der Waals surface area contributed by atoms with Crippen LogP contribution in [0.1, 0.15) is 22.3 Å². The summed E-state index contributed by atoms with van der Waals surface area (Å²) in [5.74, 6) is 0.192. The molecule has 1 N–H and O–H groups in total. The maximum Gasteiger partial charge on any atom is 0.164 e. The van der Waals surface area contributed by atoms with E-state index in [0.29, 0.717) is 13.0 Å². The molecule has 0 aliphatic heterocycles. The summed E-state index contributed by atoms with van der Waals surface area (Å²) in [5.41, 5.74) is 2.06. The number of carbonyl (C=O) groups is 1. The lowest BCUT2D eigenvalue weighted by atomic mass is 10.00. The molecular formula is C20H20ClNO. The van der Waals surface area contributed by atoms with E-state index in [4.69, 9.17) is 0 Å². The molecule has 2 nitrogen and oxygen atoms in total. The van der Waals surface area contributed by atoms with Crippen LogP contribution in [0.4, 0.5) is 0 Å². The van der Waals surface area contributed by atoms with Gasteiger partial charge in [0.1, 0.15) is 0 Å². The molecule has 0 fully saturated rings. The molecule has 0 heterocycles. The van der Waals surface area contributed by atoms with Gasteiger partial charge in [-0.05, 0) is 16.3 Å². The first-order valence-corrected chi connectivity index (χ1v) is 7.60. The first-order valence-electron chi connectivity index (χ1n) is 7.60. The van der Waals surface area contributed by atoms with Gasteiger partial charge in [0.2, 0.25) is 0 Å². The third kappa shape index (κ3) is 4.41. The summed E-state index contributed by atoms with van der Waals surface area (Å²) >= 11 is 0. The molecule has 0 spiro atoms. The summed E-state index contributed by atoms with van der Waals surface area (Å²) in [6, 6.07) is 24.2. The Bertz CT molecular complexity index is 765. The van der Waals surface area contributed by atoms with Crippen LogP contribution in [0.5, 0.6) is 0 Å². The van der Waals surface area contributed by atoms with Crippen LogP contribution in [0.3, 0.4) is 0 Å². The van der Waals surface area contributed by atoms with Gasteiger partial charge in [-0.25, -0.2) is 0 Å². The number of ketones is 1. The van der Waals surface area contributed by atoms with E-state index in [-0.39, 0.29) is 18.2 Å². The molecule has 23 heavy (non-hydrogen) atoms. The van der Waals surface area contributed by atoms with Crippen molar-refractivity contribution in [2.45, 2.75) is 13.0 Å². The first kappa shape index (κ1) is 17.2. The molecule has 0 atom stereocenters. The molecule has 3 aromatic rings. The lowest BCUT2D eigenvalue weighted by Crippen LogP contribution is -2.18. The molecule has 3 aromatic carbocycles. The van der Waals surface area contributed by atoms with Gasteiger partial charge >= 0.3 is 0 Å². The van der Waals surface area contributed by atoms with Gasteiger partial charge in [0.05, 0.1) is 0 Å². The predicted octanol–water partition coefficient (Wildman–Crippen LogP) is 4.62. The molecule has 0 aliphatic rings. The second-order valence-electron chi connectivity index (χ2n) is 5.36. The minimum absolute atomic E-state index is 0. The average molecular weight is 326 g/mol. The van der Waals surface area contributed by atoms with Gasteiger partial charge in [0, 0.05) is 25.1 Å². The second-order valence-corrected chi connectivity index (χ2v) is 5.36. The smallest absolute Gasteiger partial charge is 0.164 e. The largest absolute Gasteiger partial charge is 0.312 e. The molecule has 0 radical (unpaired) electrons. The van der Waals surface area contributed by atoms with Crippen LogP contribution < -0.4 is 5.32 Å². The zero-order chi connectivity index (χ0) is 15.2. The minimum atomic E-state index is 0. The SMILES string of the molecule is Cl.O=C(CCNCc1ccccc1)c1cccc2ccccc12. The Hall–Kier alpha value is -2.16. The number of Topliss-reactive ketones (excluding diaryl/α,β-unsaturated/α-hetero) is 1.